The van der Waals surface area contributed by atoms with Gasteiger partial charge in [0.05, 0.1) is 4.92 Å². The zero-order valence-electron chi connectivity index (χ0n) is 22.2. The quantitative estimate of drug-likeness (QED) is 0.0616. The second kappa shape index (κ2) is 14.6. The number of rotatable bonds is 15. The number of ketones is 2. The molecular weight excluding hydrogens is 530 g/mol. The maximum absolute atomic E-state index is 13.0. The average Bonchev–Trinajstić information content (AvgIpc) is 2.95. The van der Waals surface area contributed by atoms with E-state index in [1.54, 1.807) is 48.5 Å². The molecule has 0 radical (unpaired) electrons. The summed E-state index contributed by atoms with van der Waals surface area (Å²) in [6, 6.07) is 16.4. The number of unbranched alkanes of at least 4 members (excludes halogenated alkanes) is 1. The number of esters is 1. The molecule has 2 atom stereocenters. The molecule has 0 saturated heterocycles. The molecule has 11 nitrogen and oxygen atoms in total. The minimum atomic E-state index is -1.15. The lowest BCUT2D eigenvalue weighted by Gasteiger charge is -2.14. The van der Waals surface area contributed by atoms with Crippen LogP contribution in [0.2, 0.25) is 0 Å². The van der Waals surface area contributed by atoms with Gasteiger partial charge in [0.25, 0.3) is 5.69 Å². The van der Waals surface area contributed by atoms with Crippen LogP contribution in [0.3, 0.4) is 0 Å². The first-order valence-electron chi connectivity index (χ1n) is 13.0. The fourth-order valence-electron chi connectivity index (χ4n) is 4.25. The fraction of sp³-hybridized carbons (Fsp3) is 0.267. The van der Waals surface area contributed by atoms with Crippen LogP contribution >= 0.6 is 0 Å². The molecule has 41 heavy (non-hydrogen) atoms. The number of nitro benzene ring substituents is 1. The van der Waals surface area contributed by atoms with Crippen LogP contribution in [0.25, 0.3) is 0 Å². The lowest BCUT2D eigenvalue weighted by molar-refractivity contribution is -0.384. The Morgan fingerprint density at radius 1 is 0.756 bits per heavy atom. The maximum Gasteiger partial charge on any atom is 0.328 e. The third kappa shape index (κ3) is 8.88. The van der Waals surface area contributed by atoms with E-state index < -0.39 is 28.9 Å². The summed E-state index contributed by atoms with van der Waals surface area (Å²) in [5.74, 6) is -2.08. The van der Waals surface area contributed by atoms with Gasteiger partial charge < -0.3 is 21.3 Å². The van der Waals surface area contributed by atoms with Crippen LogP contribution in [-0.2, 0) is 22.4 Å². The molecule has 0 spiro atoms. The lowest BCUT2D eigenvalue weighted by Crippen LogP contribution is -2.36. The molecule has 5 N–H and O–H groups in total. The van der Waals surface area contributed by atoms with Crippen molar-refractivity contribution < 1.29 is 33.9 Å². The number of hydrogen-bond donors (Lipinski definition) is 3. The number of carbonyl (C=O) groups excluding carboxylic acids is 3. The summed E-state index contributed by atoms with van der Waals surface area (Å²) in [6.45, 7) is 0. The highest BCUT2D eigenvalue weighted by molar-refractivity contribution is 5.98. The van der Waals surface area contributed by atoms with E-state index in [-0.39, 0.29) is 48.7 Å². The van der Waals surface area contributed by atoms with E-state index in [0.717, 1.165) is 0 Å². The highest BCUT2D eigenvalue weighted by Gasteiger charge is 2.21. The van der Waals surface area contributed by atoms with Gasteiger partial charge in [0.1, 0.15) is 17.8 Å². The average molecular weight is 562 g/mol. The topological polar surface area (TPSA) is 193 Å². The molecule has 3 rings (SSSR count). The molecule has 0 aliphatic heterocycles. The van der Waals surface area contributed by atoms with E-state index in [9.17, 15) is 29.3 Å². The van der Waals surface area contributed by atoms with Gasteiger partial charge in [0, 0.05) is 36.1 Å². The number of carboxylic acids is 1. The van der Waals surface area contributed by atoms with Crippen LogP contribution in [0.1, 0.15) is 57.5 Å². The van der Waals surface area contributed by atoms with Gasteiger partial charge in [-0.1, -0.05) is 48.5 Å². The molecule has 0 bridgehead atoms. The van der Waals surface area contributed by atoms with Crippen molar-refractivity contribution >= 4 is 29.2 Å². The molecule has 214 valence electrons. The van der Waals surface area contributed by atoms with Gasteiger partial charge in [0.15, 0.2) is 11.6 Å². The molecular formula is C30H31N3O8. The Balaban J connectivity index is 1.53. The number of hydrogen-bond acceptors (Lipinski definition) is 9. The number of nitrogens with zero attached hydrogens (tertiary/aromatic N) is 1. The molecule has 2 unspecified atom stereocenters. The number of carbonyl (C=O) groups is 4. The molecule has 0 aliphatic rings. The van der Waals surface area contributed by atoms with Gasteiger partial charge in [-0.3, -0.25) is 24.5 Å². The number of Topliss-reactive ketones (excluding diaryl/α,β-unsaturated/α-hetero) is 2. The molecule has 3 aromatic carbocycles. The van der Waals surface area contributed by atoms with Gasteiger partial charge >= 0.3 is 11.9 Å². The Bertz CT molecular complexity index is 1420. The van der Waals surface area contributed by atoms with Gasteiger partial charge in [-0.25, -0.2) is 4.79 Å². The predicted octanol–water partition coefficient (Wildman–Crippen LogP) is 3.65. The molecule has 0 saturated carbocycles. The van der Waals surface area contributed by atoms with Crippen molar-refractivity contribution in [3.63, 3.8) is 0 Å². The standard InChI is InChI=1S/C30H31N3O8/c31-25(29(36)37)17-19-7-1-3-9-23(19)27(34)11-5-6-12-28(35)24-10-4-2-8-20(24)18-26(32)30(38)41-22-15-13-21(14-16-22)33(39)40/h1-4,7-10,13-16,25-26H,5-6,11-12,17-18,31-32H2,(H,36,37). The van der Waals surface area contributed by atoms with Gasteiger partial charge in [-0.2, -0.15) is 0 Å². The van der Waals surface area contributed by atoms with Crippen molar-refractivity contribution in [3.8, 4) is 5.75 Å². The first-order chi connectivity index (χ1) is 19.6. The molecule has 0 heterocycles. The summed E-state index contributed by atoms with van der Waals surface area (Å²) in [7, 11) is 0. The zero-order chi connectivity index (χ0) is 29.9. The molecule has 11 heteroatoms. The van der Waals surface area contributed by atoms with Gasteiger partial charge in [-0.05, 0) is 48.9 Å². The second-order valence-corrected chi connectivity index (χ2v) is 9.50. The van der Waals surface area contributed by atoms with Crippen LogP contribution in [0.4, 0.5) is 5.69 Å². The summed E-state index contributed by atoms with van der Waals surface area (Å²) in [5.41, 5.74) is 13.5. The Morgan fingerprint density at radius 3 is 1.68 bits per heavy atom. The van der Waals surface area contributed by atoms with Crippen molar-refractivity contribution in [1.82, 2.24) is 0 Å². The second-order valence-electron chi connectivity index (χ2n) is 9.50. The normalized spacial score (nSPS) is 12.2. The fourth-order valence-corrected chi connectivity index (χ4v) is 4.25. The number of aliphatic carboxylic acids is 1. The number of carboxylic acid groups (broad SMARTS) is 1. The van der Waals surface area contributed by atoms with Crippen molar-refractivity contribution in [2.24, 2.45) is 11.5 Å². The Labute approximate surface area is 236 Å². The molecule has 3 aromatic rings. The molecule has 0 amide bonds. The molecule has 0 fully saturated rings. The largest absolute Gasteiger partial charge is 0.480 e. The summed E-state index contributed by atoms with van der Waals surface area (Å²) in [6.07, 6.45) is 1.35. The van der Waals surface area contributed by atoms with Crippen LogP contribution in [0.5, 0.6) is 5.75 Å². The van der Waals surface area contributed by atoms with Gasteiger partial charge in [-0.15, -0.1) is 0 Å². The third-order valence-electron chi connectivity index (χ3n) is 6.46. The van der Waals surface area contributed by atoms with Gasteiger partial charge in [0.2, 0.25) is 0 Å². The van der Waals surface area contributed by atoms with Crippen molar-refractivity contribution in [2.45, 2.75) is 50.6 Å². The van der Waals surface area contributed by atoms with Crippen LogP contribution < -0.4 is 16.2 Å². The molecule has 0 aliphatic carbocycles. The third-order valence-corrected chi connectivity index (χ3v) is 6.46. The number of non-ortho nitro benzene ring substituents is 1. The van der Waals surface area contributed by atoms with E-state index in [4.69, 9.17) is 21.3 Å². The molecule has 0 aromatic heterocycles. The summed E-state index contributed by atoms with van der Waals surface area (Å²) >= 11 is 0. The van der Waals surface area contributed by atoms with Crippen LogP contribution in [0, 0.1) is 10.1 Å². The SMILES string of the molecule is NC(Cc1ccccc1C(=O)CCCCC(=O)c1ccccc1CC(N)C(=O)Oc1ccc([N+](=O)[O-])cc1)C(=O)O. The zero-order valence-corrected chi connectivity index (χ0v) is 22.2. The van der Waals surface area contributed by atoms with E-state index >= 15 is 0 Å². The Hall–Kier alpha value is -4.74. The maximum atomic E-state index is 13.0. The number of nitrogens with two attached hydrogens (primary N) is 2. The summed E-state index contributed by atoms with van der Waals surface area (Å²) in [5, 5.41) is 19.9. The minimum absolute atomic E-state index is 0.0378. The first kappa shape index (κ1) is 30.8. The van der Waals surface area contributed by atoms with Crippen LogP contribution in [-0.4, -0.2) is 45.6 Å². The highest BCUT2D eigenvalue weighted by atomic mass is 16.6. The summed E-state index contributed by atoms with van der Waals surface area (Å²) in [4.78, 5) is 59.6. The lowest BCUT2D eigenvalue weighted by atomic mass is 9.93. The van der Waals surface area contributed by atoms with Crippen molar-refractivity contribution in [1.29, 1.82) is 0 Å². The Morgan fingerprint density at radius 2 is 1.22 bits per heavy atom. The van der Waals surface area contributed by atoms with E-state index in [0.29, 0.717) is 35.1 Å². The smallest absolute Gasteiger partial charge is 0.328 e. The number of nitro groups is 1. The van der Waals surface area contributed by atoms with E-state index in [1.807, 2.05) is 0 Å². The predicted molar refractivity (Wildman–Crippen MR) is 150 cm³/mol. The van der Waals surface area contributed by atoms with Crippen molar-refractivity contribution in [2.75, 3.05) is 0 Å². The Kier molecular flexibility index (Phi) is 11.0. The number of benzene rings is 3. The summed E-state index contributed by atoms with van der Waals surface area (Å²) < 4.78 is 5.22. The monoisotopic (exact) mass is 561 g/mol. The number of ether oxygens (including phenoxy) is 1. The minimum Gasteiger partial charge on any atom is -0.480 e. The first-order valence-corrected chi connectivity index (χ1v) is 13.0. The van der Waals surface area contributed by atoms with Crippen molar-refractivity contribution in [3.05, 3.63) is 105 Å². The van der Waals surface area contributed by atoms with E-state index in [2.05, 4.69) is 0 Å². The highest BCUT2D eigenvalue weighted by Crippen LogP contribution is 2.20. The van der Waals surface area contributed by atoms with Crippen LogP contribution in [0.15, 0.2) is 72.8 Å². The van der Waals surface area contributed by atoms with E-state index in [1.165, 1.54) is 24.3 Å².